The van der Waals surface area contributed by atoms with Crippen LogP contribution in [0.15, 0.2) is 63.4 Å². The van der Waals surface area contributed by atoms with Crippen LogP contribution in [0, 0.1) is 0 Å². The summed E-state index contributed by atoms with van der Waals surface area (Å²) in [6.45, 7) is 2.58. The molecule has 0 amide bonds. The van der Waals surface area contributed by atoms with E-state index in [9.17, 15) is 8.42 Å². The lowest BCUT2D eigenvalue weighted by atomic mass is 10.3. The fraction of sp³-hybridized carbons (Fsp3) is 0.176. The SMILES string of the molecule is CCc1ccc(S(=O)(=O)Nc2ccc(NCc3ccco3)cc2)s1. The van der Waals surface area contributed by atoms with Gasteiger partial charge in [-0.25, -0.2) is 8.42 Å². The van der Waals surface area contributed by atoms with Crippen molar-refractivity contribution in [1.82, 2.24) is 0 Å². The van der Waals surface area contributed by atoms with Gasteiger partial charge in [-0.1, -0.05) is 6.92 Å². The van der Waals surface area contributed by atoms with Gasteiger partial charge in [0.05, 0.1) is 12.8 Å². The quantitative estimate of drug-likeness (QED) is 0.657. The van der Waals surface area contributed by atoms with E-state index < -0.39 is 10.0 Å². The Morgan fingerprint density at radius 2 is 1.79 bits per heavy atom. The topological polar surface area (TPSA) is 71.3 Å². The lowest BCUT2D eigenvalue weighted by Crippen LogP contribution is -2.11. The Hall–Kier alpha value is -2.25. The zero-order valence-electron chi connectivity index (χ0n) is 13.2. The maximum atomic E-state index is 12.4. The average Bonchev–Trinajstić information content (AvgIpc) is 3.25. The summed E-state index contributed by atoms with van der Waals surface area (Å²) in [6.07, 6.45) is 2.46. The molecule has 0 aliphatic rings. The molecule has 0 radical (unpaired) electrons. The minimum absolute atomic E-state index is 0.333. The lowest BCUT2D eigenvalue weighted by molar-refractivity contribution is 0.518. The van der Waals surface area contributed by atoms with Gasteiger partial charge in [-0.2, -0.15) is 0 Å². The third-order valence-electron chi connectivity index (χ3n) is 3.43. The Morgan fingerprint density at radius 3 is 2.42 bits per heavy atom. The highest BCUT2D eigenvalue weighted by molar-refractivity contribution is 7.94. The molecule has 0 atom stereocenters. The van der Waals surface area contributed by atoms with Crippen LogP contribution >= 0.6 is 11.3 Å². The van der Waals surface area contributed by atoms with Gasteiger partial charge in [-0.15, -0.1) is 11.3 Å². The van der Waals surface area contributed by atoms with E-state index in [0.29, 0.717) is 16.4 Å². The van der Waals surface area contributed by atoms with Crippen molar-refractivity contribution in [2.24, 2.45) is 0 Å². The normalized spacial score (nSPS) is 11.4. The molecule has 0 unspecified atom stereocenters. The van der Waals surface area contributed by atoms with Crippen LogP contribution in [0.2, 0.25) is 0 Å². The first kappa shape index (κ1) is 16.6. The number of benzene rings is 1. The highest BCUT2D eigenvalue weighted by atomic mass is 32.2. The molecule has 0 bridgehead atoms. The van der Waals surface area contributed by atoms with Crippen molar-refractivity contribution in [2.45, 2.75) is 24.1 Å². The summed E-state index contributed by atoms with van der Waals surface area (Å²) >= 11 is 1.30. The van der Waals surface area contributed by atoms with Gasteiger partial charge < -0.3 is 9.73 Å². The Bertz CT molecular complexity index is 882. The predicted molar refractivity (Wildman–Crippen MR) is 97.0 cm³/mol. The molecule has 3 aromatic rings. The fourth-order valence-electron chi connectivity index (χ4n) is 2.16. The Kier molecular flexibility index (Phi) is 4.92. The van der Waals surface area contributed by atoms with E-state index in [1.54, 1.807) is 24.5 Å². The van der Waals surface area contributed by atoms with E-state index in [1.807, 2.05) is 37.3 Å². The number of aryl methyl sites for hydroxylation is 1. The number of anilines is 2. The predicted octanol–water partition coefficient (Wildman–Crippen LogP) is 4.32. The smallest absolute Gasteiger partial charge is 0.271 e. The van der Waals surface area contributed by atoms with Gasteiger partial charge in [0.1, 0.15) is 9.97 Å². The second-order valence-corrected chi connectivity index (χ2v) is 8.27. The van der Waals surface area contributed by atoms with Crippen LogP contribution in [-0.4, -0.2) is 8.42 Å². The van der Waals surface area contributed by atoms with Crippen LogP contribution in [0.3, 0.4) is 0 Å². The van der Waals surface area contributed by atoms with Gasteiger partial charge in [0, 0.05) is 16.3 Å². The molecule has 0 aliphatic carbocycles. The zero-order valence-corrected chi connectivity index (χ0v) is 14.8. The molecule has 5 nitrogen and oxygen atoms in total. The summed E-state index contributed by atoms with van der Waals surface area (Å²) < 4.78 is 32.9. The summed E-state index contributed by atoms with van der Waals surface area (Å²) in [7, 11) is -3.53. The molecule has 0 aliphatic heterocycles. The van der Waals surface area contributed by atoms with Crippen LogP contribution in [0.4, 0.5) is 11.4 Å². The molecular formula is C17H18N2O3S2. The molecule has 7 heteroatoms. The molecule has 2 N–H and O–H groups in total. The van der Waals surface area contributed by atoms with Gasteiger partial charge in [0.25, 0.3) is 10.0 Å². The van der Waals surface area contributed by atoms with E-state index in [-0.39, 0.29) is 0 Å². The number of nitrogens with one attached hydrogen (secondary N) is 2. The summed E-state index contributed by atoms with van der Waals surface area (Å²) in [5.74, 6) is 0.837. The van der Waals surface area contributed by atoms with Gasteiger partial charge in [-0.05, 0) is 55.0 Å². The third-order valence-corrected chi connectivity index (χ3v) is 6.54. The monoisotopic (exact) mass is 362 g/mol. The van der Waals surface area contributed by atoms with Gasteiger partial charge in [-0.3, -0.25) is 4.72 Å². The average molecular weight is 362 g/mol. The van der Waals surface area contributed by atoms with E-state index in [0.717, 1.165) is 22.7 Å². The maximum absolute atomic E-state index is 12.4. The Labute approximate surface area is 145 Å². The molecule has 3 rings (SSSR count). The standard InChI is InChI=1S/C17H18N2O3S2/c1-2-16-9-10-17(23-16)24(20,21)19-14-7-5-13(6-8-14)18-12-15-4-3-11-22-15/h3-11,18-19H,2,12H2,1H3. The van der Waals surface area contributed by atoms with E-state index in [1.165, 1.54) is 11.3 Å². The Balaban J connectivity index is 1.64. The lowest BCUT2D eigenvalue weighted by Gasteiger charge is -2.08. The Morgan fingerprint density at radius 1 is 1.04 bits per heavy atom. The zero-order chi connectivity index (χ0) is 17.0. The van der Waals surface area contributed by atoms with Gasteiger partial charge >= 0.3 is 0 Å². The molecule has 126 valence electrons. The first-order valence-corrected chi connectivity index (χ1v) is 9.84. The second kappa shape index (κ2) is 7.11. The number of hydrogen-bond acceptors (Lipinski definition) is 5. The summed E-state index contributed by atoms with van der Waals surface area (Å²) in [4.78, 5) is 1.05. The van der Waals surface area contributed by atoms with E-state index in [2.05, 4.69) is 10.0 Å². The molecule has 0 fully saturated rings. The van der Waals surface area contributed by atoms with Crippen molar-refractivity contribution in [1.29, 1.82) is 0 Å². The van der Waals surface area contributed by atoms with Gasteiger partial charge in [0.15, 0.2) is 0 Å². The molecule has 2 heterocycles. The highest BCUT2D eigenvalue weighted by Crippen LogP contribution is 2.25. The number of furan rings is 1. The van der Waals surface area contributed by atoms with Crippen molar-refractivity contribution in [3.8, 4) is 0 Å². The van der Waals surface area contributed by atoms with E-state index in [4.69, 9.17) is 4.42 Å². The summed E-state index contributed by atoms with van der Waals surface area (Å²) in [5, 5.41) is 3.21. The van der Waals surface area contributed by atoms with Crippen LogP contribution in [0.5, 0.6) is 0 Å². The minimum atomic E-state index is -3.53. The van der Waals surface area contributed by atoms with Crippen molar-refractivity contribution in [3.63, 3.8) is 0 Å². The molecule has 2 aromatic heterocycles. The number of thiophene rings is 1. The number of sulfonamides is 1. The van der Waals surface area contributed by atoms with Crippen LogP contribution in [-0.2, 0) is 23.0 Å². The fourth-order valence-corrected chi connectivity index (χ4v) is 4.51. The summed E-state index contributed by atoms with van der Waals surface area (Å²) in [6, 6.07) is 14.3. The molecular weight excluding hydrogens is 344 g/mol. The largest absolute Gasteiger partial charge is 0.467 e. The molecule has 24 heavy (non-hydrogen) atoms. The first-order chi connectivity index (χ1) is 11.6. The van der Waals surface area contributed by atoms with Crippen molar-refractivity contribution in [2.75, 3.05) is 10.0 Å². The van der Waals surface area contributed by atoms with Crippen molar-refractivity contribution < 1.29 is 12.8 Å². The van der Waals surface area contributed by atoms with Crippen LogP contribution < -0.4 is 10.0 Å². The number of rotatable bonds is 7. The summed E-state index contributed by atoms with van der Waals surface area (Å²) in [5.41, 5.74) is 1.42. The molecule has 0 saturated carbocycles. The van der Waals surface area contributed by atoms with Crippen LogP contribution in [0.25, 0.3) is 0 Å². The van der Waals surface area contributed by atoms with Gasteiger partial charge in [0.2, 0.25) is 0 Å². The minimum Gasteiger partial charge on any atom is -0.467 e. The molecule has 0 spiro atoms. The molecule has 1 aromatic carbocycles. The third kappa shape index (κ3) is 3.98. The van der Waals surface area contributed by atoms with Crippen LogP contribution in [0.1, 0.15) is 17.6 Å². The first-order valence-electron chi connectivity index (χ1n) is 7.54. The number of hydrogen-bond donors (Lipinski definition) is 2. The van der Waals surface area contributed by atoms with Crippen molar-refractivity contribution in [3.05, 3.63) is 65.4 Å². The van der Waals surface area contributed by atoms with E-state index >= 15 is 0 Å². The maximum Gasteiger partial charge on any atom is 0.271 e. The molecule has 0 saturated heterocycles. The van der Waals surface area contributed by atoms with Crippen molar-refractivity contribution >= 4 is 32.7 Å². The second-order valence-electron chi connectivity index (χ2n) is 5.19. The highest BCUT2D eigenvalue weighted by Gasteiger charge is 2.16.